The van der Waals surface area contributed by atoms with Gasteiger partial charge in [-0.2, -0.15) is 0 Å². The lowest BCUT2D eigenvalue weighted by atomic mass is 10.1. The monoisotopic (exact) mass is 295 g/mol. The molecule has 110 valence electrons. The quantitative estimate of drug-likeness (QED) is 0.579. The molecule has 0 saturated heterocycles. The first kappa shape index (κ1) is 16.4. The fraction of sp³-hybridized carbons (Fsp3) is 0.429. The number of amides is 2. The van der Waals surface area contributed by atoms with Crippen LogP contribution < -0.4 is 20.9 Å². The van der Waals surface area contributed by atoms with Crippen molar-refractivity contribution in [3.05, 3.63) is 24.3 Å². The van der Waals surface area contributed by atoms with Crippen LogP contribution in [0.15, 0.2) is 24.3 Å². The Morgan fingerprint density at radius 1 is 1.30 bits per heavy atom. The van der Waals surface area contributed by atoms with Crippen LogP contribution in [0.25, 0.3) is 0 Å². The van der Waals surface area contributed by atoms with Crippen molar-refractivity contribution < 1.29 is 4.79 Å². The molecule has 0 unspecified atom stereocenters. The number of nitrogens with one attached hydrogen (secondary N) is 2. The number of rotatable bonds is 2. The first-order valence-electron chi connectivity index (χ1n) is 6.36. The Balaban J connectivity index is 2.90. The van der Waals surface area contributed by atoms with E-state index in [9.17, 15) is 4.79 Å². The maximum Gasteiger partial charge on any atom is 0.418 e. The summed E-state index contributed by atoms with van der Waals surface area (Å²) < 4.78 is -0.0189. The number of urea groups is 1. The largest absolute Gasteiger partial charge is 0.418 e. The lowest BCUT2D eigenvalue weighted by molar-refractivity contribution is 0.227. The van der Waals surface area contributed by atoms with Crippen molar-refractivity contribution in [2.24, 2.45) is 5.73 Å². The summed E-state index contributed by atoms with van der Waals surface area (Å²) in [7, 11) is 3.49. The van der Waals surface area contributed by atoms with Gasteiger partial charge in [-0.25, -0.2) is 9.28 Å². The summed E-state index contributed by atoms with van der Waals surface area (Å²) in [6.07, 6.45) is 0. The standard InChI is InChI=1S/C14H22N4OS/c1-14(2,3)17-13(20)16-10-7-6-8-11(9-10)18(4,5)12(15)19/h6-9H,1-5H3,(H3-,15,16,17,19,20)/p+1. The van der Waals surface area contributed by atoms with E-state index in [1.807, 2.05) is 45.0 Å². The number of carbonyl (C=O) groups is 1. The zero-order chi connectivity index (χ0) is 15.6. The Morgan fingerprint density at radius 2 is 1.90 bits per heavy atom. The summed E-state index contributed by atoms with van der Waals surface area (Å²) in [5, 5.41) is 6.82. The molecule has 0 atom stereocenters. The molecule has 6 heteroatoms. The van der Waals surface area contributed by atoms with Crippen molar-refractivity contribution in [1.82, 2.24) is 9.80 Å². The summed E-state index contributed by atoms with van der Waals surface area (Å²) in [6, 6.07) is 7.05. The average Bonchev–Trinajstić information content (AvgIpc) is 2.26. The molecule has 5 nitrogen and oxygen atoms in total. The Labute approximate surface area is 125 Å². The molecule has 0 fully saturated rings. The van der Waals surface area contributed by atoms with E-state index in [4.69, 9.17) is 18.0 Å². The molecule has 1 aromatic rings. The molecule has 0 heterocycles. The number of carbonyl (C=O) groups excluding carboxylic acids is 1. The fourth-order valence-corrected chi connectivity index (χ4v) is 1.99. The van der Waals surface area contributed by atoms with Crippen LogP contribution in [0.5, 0.6) is 0 Å². The zero-order valence-corrected chi connectivity index (χ0v) is 13.5. The molecule has 1 aromatic carbocycles. The van der Waals surface area contributed by atoms with E-state index in [1.165, 1.54) is 0 Å². The molecule has 4 N–H and O–H groups in total. The summed E-state index contributed by atoms with van der Waals surface area (Å²) in [6.45, 7) is 6.10. The van der Waals surface area contributed by atoms with Gasteiger partial charge in [0.05, 0.1) is 14.1 Å². The third-order valence-corrected chi connectivity index (χ3v) is 2.99. The van der Waals surface area contributed by atoms with E-state index >= 15 is 0 Å². The van der Waals surface area contributed by atoms with Gasteiger partial charge in [-0.1, -0.05) is 6.07 Å². The van der Waals surface area contributed by atoms with E-state index in [0.717, 1.165) is 11.4 Å². The Kier molecular flexibility index (Phi) is 4.73. The van der Waals surface area contributed by atoms with Crippen molar-refractivity contribution >= 4 is 34.7 Å². The highest BCUT2D eigenvalue weighted by molar-refractivity contribution is 7.80. The SMILES string of the molecule is CC(C)(C)NC(=S)Nc1cccc([N+](C)(C)C(N)=O)c1. The normalized spacial score (nSPS) is 11.8. The predicted molar refractivity (Wildman–Crippen MR) is 88.8 cm³/mol. The van der Waals surface area contributed by atoms with E-state index in [1.54, 1.807) is 14.1 Å². The van der Waals surface area contributed by atoms with Gasteiger partial charge in [0.15, 0.2) is 5.11 Å². The van der Waals surface area contributed by atoms with Crippen LogP contribution in [0.4, 0.5) is 16.2 Å². The van der Waals surface area contributed by atoms with Crippen molar-refractivity contribution in [2.45, 2.75) is 26.3 Å². The predicted octanol–water partition coefficient (Wildman–Crippen LogP) is 2.42. The van der Waals surface area contributed by atoms with Crippen molar-refractivity contribution in [3.63, 3.8) is 0 Å². The zero-order valence-electron chi connectivity index (χ0n) is 12.7. The third kappa shape index (κ3) is 4.47. The number of nitrogens with two attached hydrogens (primary N) is 1. The van der Waals surface area contributed by atoms with Gasteiger partial charge in [0, 0.05) is 17.3 Å². The van der Waals surface area contributed by atoms with Crippen molar-refractivity contribution in [1.29, 1.82) is 0 Å². The Bertz CT molecular complexity index is 520. The maximum atomic E-state index is 11.5. The summed E-state index contributed by atoms with van der Waals surface area (Å²) in [5.41, 5.74) is 6.91. The Hall–Kier alpha value is -1.66. The van der Waals surface area contributed by atoms with Crippen LogP contribution in [0.3, 0.4) is 0 Å². The molecule has 1 rings (SSSR count). The summed E-state index contributed by atoms with van der Waals surface area (Å²) >= 11 is 5.25. The highest BCUT2D eigenvalue weighted by Crippen LogP contribution is 2.22. The second kappa shape index (κ2) is 5.76. The van der Waals surface area contributed by atoms with Crippen LogP contribution >= 0.6 is 12.2 Å². The summed E-state index contributed by atoms with van der Waals surface area (Å²) in [4.78, 5) is 11.5. The molecular weight excluding hydrogens is 272 g/mol. The molecule has 0 aliphatic carbocycles. The third-order valence-electron chi connectivity index (χ3n) is 2.79. The van der Waals surface area contributed by atoms with Gasteiger partial charge in [-0.05, 0) is 45.1 Å². The highest BCUT2D eigenvalue weighted by Gasteiger charge is 2.26. The summed E-state index contributed by atoms with van der Waals surface area (Å²) in [5.74, 6) is 0. The second-order valence-electron chi connectivity index (χ2n) is 6.17. The number of primary amides is 1. The first-order valence-corrected chi connectivity index (χ1v) is 6.77. The number of quaternary nitrogens is 1. The first-order chi connectivity index (χ1) is 9.02. The molecular formula is C14H23N4OS+. The van der Waals surface area contributed by atoms with E-state index in [2.05, 4.69) is 10.6 Å². The second-order valence-corrected chi connectivity index (χ2v) is 6.58. The van der Waals surface area contributed by atoms with Crippen molar-refractivity contribution in [3.8, 4) is 0 Å². The van der Waals surface area contributed by atoms with Gasteiger partial charge in [0.25, 0.3) is 0 Å². The van der Waals surface area contributed by atoms with Gasteiger partial charge in [-0.3, -0.25) is 0 Å². The average molecular weight is 295 g/mol. The van der Waals surface area contributed by atoms with Crippen LogP contribution in [-0.4, -0.2) is 30.8 Å². The number of hydrogen-bond donors (Lipinski definition) is 3. The van der Waals surface area contributed by atoms with Crippen LogP contribution in [0.2, 0.25) is 0 Å². The lowest BCUT2D eigenvalue weighted by Crippen LogP contribution is -2.50. The molecule has 0 aromatic heterocycles. The van der Waals surface area contributed by atoms with Gasteiger partial charge < -0.3 is 16.4 Å². The Morgan fingerprint density at radius 3 is 2.40 bits per heavy atom. The number of nitrogens with zero attached hydrogens (tertiary/aromatic N) is 1. The minimum atomic E-state index is -0.419. The lowest BCUT2D eigenvalue weighted by Gasteiger charge is -2.25. The molecule has 0 spiro atoms. The van der Waals surface area contributed by atoms with Crippen molar-refractivity contribution in [2.75, 3.05) is 19.4 Å². The molecule has 20 heavy (non-hydrogen) atoms. The minimum absolute atomic E-state index is 0.0189. The smallest absolute Gasteiger partial charge is 0.358 e. The van der Waals surface area contributed by atoms with Gasteiger partial charge in [0.1, 0.15) is 5.69 Å². The van der Waals surface area contributed by atoms with Crippen LogP contribution in [-0.2, 0) is 0 Å². The molecule has 0 saturated carbocycles. The number of hydrogen-bond acceptors (Lipinski definition) is 2. The molecule has 0 radical (unpaired) electrons. The van der Waals surface area contributed by atoms with Crippen LogP contribution in [0, 0.1) is 0 Å². The van der Waals surface area contributed by atoms with E-state index < -0.39 is 6.03 Å². The van der Waals surface area contributed by atoms with E-state index in [0.29, 0.717) is 5.11 Å². The molecule has 0 aliphatic rings. The molecule has 0 bridgehead atoms. The maximum absolute atomic E-state index is 11.5. The van der Waals surface area contributed by atoms with E-state index in [-0.39, 0.29) is 10.0 Å². The molecule has 0 aliphatic heterocycles. The minimum Gasteiger partial charge on any atom is -0.358 e. The number of anilines is 1. The van der Waals surface area contributed by atoms with Crippen LogP contribution in [0.1, 0.15) is 20.8 Å². The van der Waals surface area contributed by atoms with Gasteiger partial charge >= 0.3 is 6.03 Å². The number of thiocarbonyl (C=S) groups is 1. The fourth-order valence-electron chi connectivity index (χ4n) is 1.56. The topological polar surface area (TPSA) is 67.2 Å². The highest BCUT2D eigenvalue weighted by atomic mass is 32.1. The number of benzene rings is 1. The van der Waals surface area contributed by atoms with Gasteiger partial charge in [-0.15, -0.1) is 0 Å². The molecule has 2 amide bonds. The van der Waals surface area contributed by atoms with Gasteiger partial charge in [0.2, 0.25) is 0 Å².